The molecule has 14 heteroatoms. The number of anilines is 1. The highest BCUT2D eigenvalue weighted by atomic mass is 35.5. The SMILES string of the molecule is COC(=O)N[C@H](C(=O)Nc1cccc(F)c1CCC1CN(C(=O)OC(C)(C)C)CC2(CCOCC2)O1)[C@@H](c1ccc(Cl)cc1)c1cc(F)cc(F)c1. The van der Waals surface area contributed by atoms with Gasteiger partial charge in [0.25, 0.3) is 0 Å². The molecule has 280 valence electrons. The summed E-state index contributed by atoms with van der Waals surface area (Å²) in [5.41, 5.74) is -0.638. The molecular formula is C38H43ClF3N3O7. The fourth-order valence-electron chi connectivity index (χ4n) is 6.66. The van der Waals surface area contributed by atoms with E-state index in [1.807, 2.05) is 0 Å². The summed E-state index contributed by atoms with van der Waals surface area (Å²) in [6, 6.07) is 11.7. The van der Waals surface area contributed by atoms with Gasteiger partial charge in [0.2, 0.25) is 5.91 Å². The third kappa shape index (κ3) is 9.96. The van der Waals surface area contributed by atoms with Crippen LogP contribution in [0.4, 0.5) is 28.4 Å². The first kappa shape index (κ1) is 38.9. The summed E-state index contributed by atoms with van der Waals surface area (Å²) < 4.78 is 67.3. The predicted octanol–water partition coefficient (Wildman–Crippen LogP) is 7.37. The summed E-state index contributed by atoms with van der Waals surface area (Å²) in [4.78, 5) is 41.6. The monoisotopic (exact) mass is 745 g/mol. The number of hydrogen-bond donors (Lipinski definition) is 2. The summed E-state index contributed by atoms with van der Waals surface area (Å²) in [5.74, 6) is -4.33. The lowest BCUT2D eigenvalue weighted by atomic mass is 9.84. The Hall–Kier alpha value is -4.33. The zero-order valence-electron chi connectivity index (χ0n) is 29.5. The maximum atomic E-state index is 15.6. The van der Waals surface area contributed by atoms with Crippen LogP contribution in [0, 0.1) is 17.5 Å². The molecule has 2 aliphatic heterocycles. The van der Waals surface area contributed by atoms with E-state index in [1.165, 1.54) is 18.2 Å². The molecular weight excluding hydrogens is 703 g/mol. The Morgan fingerprint density at radius 2 is 1.67 bits per heavy atom. The molecule has 2 saturated heterocycles. The maximum Gasteiger partial charge on any atom is 0.410 e. The number of ether oxygens (including phenoxy) is 4. The highest BCUT2D eigenvalue weighted by Gasteiger charge is 2.44. The van der Waals surface area contributed by atoms with Crippen molar-refractivity contribution in [3.05, 3.63) is 99.8 Å². The van der Waals surface area contributed by atoms with Gasteiger partial charge in [-0.05, 0) is 81.1 Å². The standard InChI is InChI=1S/C38H43ClF3N3O7/c1-37(2,3)52-36(48)45-21-28(51-38(22-45)14-16-50-17-15-38)12-13-29-30(42)6-5-7-31(29)43-34(46)33(44-35(47)49-4)32(23-8-10-25(39)11-9-23)24-18-26(40)20-27(41)19-24/h5-11,18-20,28,32-33H,12-17,21-22H2,1-4H3,(H,43,46)(H,44,47)/t28?,32-,33-/m0/s1. The molecule has 2 N–H and O–H groups in total. The van der Waals surface area contributed by atoms with Crippen LogP contribution in [0.25, 0.3) is 0 Å². The Kier molecular flexibility index (Phi) is 12.4. The number of nitrogens with zero attached hydrogens (tertiary/aromatic N) is 1. The highest BCUT2D eigenvalue weighted by molar-refractivity contribution is 6.30. The smallest absolute Gasteiger partial charge is 0.410 e. The van der Waals surface area contributed by atoms with Crippen molar-refractivity contribution in [2.75, 3.05) is 38.7 Å². The zero-order valence-corrected chi connectivity index (χ0v) is 30.2. The molecule has 1 spiro atoms. The molecule has 2 heterocycles. The quantitative estimate of drug-likeness (QED) is 0.235. The van der Waals surface area contributed by atoms with Gasteiger partial charge in [0.05, 0.1) is 31.9 Å². The van der Waals surface area contributed by atoms with Crippen molar-refractivity contribution in [2.24, 2.45) is 0 Å². The van der Waals surface area contributed by atoms with Crippen molar-refractivity contribution >= 4 is 35.4 Å². The van der Waals surface area contributed by atoms with E-state index in [2.05, 4.69) is 10.6 Å². The van der Waals surface area contributed by atoms with E-state index >= 15 is 4.39 Å². The number of rotatable bonds is 9. The van der Waals surface area contributed by atoms with E-state index in [0.29, 0.717) is 49.3 Å². The molecule has 3 amide bonds. The molecule has 2 aliphatic rings. The average molecular weight is 746 g/mol. The summed E-state index contributed by atoms with van der Waals surface area (Å²) in [7, 11) is 1.11. The molecule has 3 aromatic rings. The van der Waals surface area contributed by atoms with Crippen molar-refractivity contribution in [1.82, 2.24) is 10.2 Å². The number of amides is 3. The molecule has 0 radical (unpaired) electrons. The van der Waals surface area contributed by atoms with Gasteiger partial charge in [-0.15, -0.1) is 0 Å². The lowest BCUT2D eigenvalue weighted by Gasteiger charge is -2.48. The third-order valence-corrected chi connectivity index (χ3v) is 9.27. The first-order valence-electron chi connectivity index (χ1n) is 17.0. The van der Waals surface area contributed by atoms with Crippen LogP contribution in [0.1, 0.15) is 62.6 Å². The van der Waals surface area contributed by atoms with Gasteiger partial charge in [-0.3, -0.25) is 4.79 Å². The van der Waals surface area contributed by atoms with E-state index in [-0.39, 0.29) is 36.2 Å². The molecule has 0 aliphatic carbocycles. The fourth-order valence-corrected chi connectivity index (χ4v) is 6.78. The van der Waals surface area contributed by atoms with Crippen molar-refractivity contribution in [3.8, 4) is 0 Å². The Bertz CT molecular complexity index is 1730. The Balaban J connectivity index is 1.43. The number of carbonyl (C=O) groups is 3. The number of carbonyl (C=O) groups excluding carboxylic acids is 3. The van der Waals surface area contributed by atoms with Gasteiger partial charge in [0, 0.05) is 54.3 Å². The predicted molar refractivity (Wildman–Crippen MR) is 188 cm³/mol. The Morgan fingerprint density at radius 3 is 2.31 bits per heavy atom. The Labute approximate surface area is 305 Å². The molecule has 0 bridgehead atoms. The van der Waals surface area contributed by atoms with Crippen LogP contribution in [0.5, 0.6) is 0 Å². The summed E-state index contributed by atoms with van der Waals surface area (Å²) in [5, 5.41) is 5.60. The van der Waals surface area contributed by atoms with Crippen LogP contribution in [0.15, 0.2) is 60.7 Å². The van der Waals surface area contributed by atoms with Gasteiger partial charge in [-0.2, -0.15) is 0 Å². The van der Waals surface area contributed by atoms with Crippen LogP contribution in [-0.4, -0.2) is 79.8 Å². The minimum absolute atomic E-state index is 0.0434. The van der Waals surface area contributed by atoms with E-state index < -0.39 is 64.8 Å². The van der Waals surface area contributed by atoms with Crippen LogP contribution >= 0.6 is 11.6 Å². The summed E-state index contributed by atoms with van der Waals surface area (Å²) in [6.07, 6.45) is -0.416. The number of alkyl carbamates (subject to hydrolysis) is 1. The average Bonchev–Trinajstić information content (AvgIpc) is 3.07. The highest BCUT2D eigenvalue weighted by Crippen LogP contribution is 2.35. The second kappa shape index (κ2) is 16.6. The van der Waals surface area contributed by atoms with Crippen LogP contribution in [-0.2, 0) is 30.2 Å². The first-order valence-corrected chi connectivity index (χ1v) is 17.4. The van der Waals surface area contributed by atoms with Gasteiger partial charge < -0.3 is 34.5 Å². The van der Waals surface area contributed by atoms with Crippen molar-refractivity contribution in [2.45, 2.75) is 75.7 Å². The van der Waals surface area contributed by atoms with E-state index in [9.17, 15) is 23.2 Å². The van der Waals surface area contributed by atoms with Gasteiger partial charge in [-0.1, -0.05) is 29.8 Å². The van der Waals surface area contributed by atoms with Crippen LogP contribution < -0.4 is 10.6 Å². The van der Waals surface area contributed by atoms with Gasteiger partial charge >= 0.3 is 12.2 Å². The summed E-state index contributed by atoms with van der Waals surface area (Å²) in [6.45, 7) is 6.87. The van der Waals surface area contributed by atoms with E-state index in [0.717, 1.165) is 19.2 Å². The molecule has 0 saturated carbocycles. The van der Waals surface area contributed by atoms with E-state index in [1.54, 1.807) is 49.9 Å². The lowest BCUT2D eigenvalue weighted by molar-refractivity contribution is -0.186. The maximum absolute atomic E-state index is 15.6. The molecule has 10 nitrogen and oxygen atoms in total. The van der Waals surface area contributed by atoms with E-state index in [4.69, 9.17) is 30.5 Å². The van der Waals surface area contributed by atoms with Crippen LogP contribution in [0.3, 0.4) is 0 Å². The number of methoxy groups -OCH3 is 1. The molecule has 0 aromatic heterocycles. The van der Waals surface area contributed by atoms with Gasteiger partial charge in [0.15, 0.2) is 0 Å². The lowest BCUT2D eigenvalue weighted by Crippen LogP contribution is -2.59. The Morgan fingerprint density at radius 1 is 1.00 bits per heavy atom. The third-order valence-electron chi connectivity index (χ3n) is 9.02. The normalized spacial score (nSPS) is 18.3. The fraction of sp³-hybridized carbons (Fsp3) is 0.447. The molecule has 1 unspecified atom stereocenters. The zero-order chi connectivity index (χ0) is 37.6. The van der Waals surface area contributed by atoms with Gasteiger partial charge in [-0.25, -0.2) is 22.8 Å². The molecule has 52 heavy (non-hydrogen) atoms. The summed E-state index contributed by atoms with van der Waals surface area (Å²) >= 11 is 6.11. The minimum atomic E-state index is -1.50. The number of halogens is 4. The topological polar surface area (TPSA) is 115 Å². The molecule has 2 fully saturated rings. The number of hydrogen-bond acceptors (Lipinski definition) is 7. The molecule has 3 aromatic carbocycles. The largest absolute Gasteiger partial charge is 0.453 e. The second-order valence-electron chi connectivity index (χ2n) is 14.0. The number of morpholine rings is 1. The van der Waals surface area contributed by atoms with Crippen molar-refractivity contribution < 1.29 is 46.5 Å². The minimum Gasteiger partial charge on any atom is -0.453 e. The van der Waals surface area contributed by atoms with Crippen molar-refractivity contribution in [1.29, 1.82) is 0 Å². The first-order chi connectivity index (χ1) is 24.6. The molecule has 3 atom stereocenters. The van der Waals surface area contributed by atoms with Crippen molar-refractivity contribution in [3.63, 3.8) is 0 Å². The van der Waals surface area contributed by atoms with Gasteiger partial charge in [0.1, 0.15) is 29.1 Å². The number of nitrogens with one attached hydrogen (secondary N) is 2. The van der Waals surface area contributed by atoms with Crippen LogP contribution in [0.2, 0.25) is 5.02 Å². The number of benzene rings is 3. The molecule has 5 rings (SSSR count). The second-order valence-corrected chi connectivity index (χ2v) is 14.5.